The van der Waals surface area contributed by atoms with Crippen LogP contribution < -0.4 is 10.1 Å². The van der Waals surface area contributed by atoms with Crippen LogP contribution in [0.1, 0.15) is 27.0 Å². The SMILES string of the molecule is C=Cc1ccc(COc2ncccc2C(=O)NCc2cccnc2)cc1. The highest BCUT2D eigenvalue weighted by atomic mass is 16.5. The first-order chi connectivity index (χ1) is 12.8. The molecule has 0 saturated carbocycles. The number of benzene rings is 1. The third-order valence-corrected chi connectivity index (χ3v) is 3.78. The molecule has 0 fully saturated rings. The lowest BCUT2D eigenvalue weighted by atomic mass is 10.1. The fourth-order valence-electron chi connectivity index (χ4n) is 2.36. The number of hydrogen-bond acceptors (Lipinski definition) is 4. The van der Waals surface area contributed by atoms with Gasteiger partial charge in [-0.3, -0.25) is 9.78 Å². The van der Waals surface area contributed by atoms with E-state index in [2.05, 4.69) is 21.9 Å². The van der Waals surface area contributed by atoms with Crippen molar-refractivity contribution in [2.45, 2.75) is 13.2 Å². The minimum Gasteiger partial charge on any atom is -0.472 e. The zero-order valence-electron chi connectivity index (χ0n) is 14.3. The van der Waals surface area contributed by atoms with Crippen LogP contribution in [0.4, 0.5) is 0 Å². The maximum atomic E-state index is 12.5. The van der Waals surface area contributed by atoms with Gasteiger partial charge >= 0.3 is 0 Å². The molecule has 0 atom stereocenters. The standard InChI is InChI=1S/C21H19N3O2/c1-2-16-7-9-17(10-8-16)15-26-21-19(6-4-12-23-21)20(25)24-14-18-5-3-11-22-13-18/h2-13H,1,14-15H2,(H,24,25). The number of carbonyl (C=O) groups excluding carboxylic acids is 1. The molecule has 5 nitrogen and oxygen atoms in total. The lowest BCUT2D eigenvalue weighted by molar-refractivity contribution is 0.0945. The van der Waals surface area contributed by atoms with Crippen molar-refractivity contribution in [3.63, 3.8) is 0 Å². The maximum absolute atomic E-state index is 12.5. The van der Waals surface area contributed by atoms with Gasteiger partial charge < -0.3 is 10.1 Å². The fourth-order valence-corrected chi connectivity index (χ4v) is 2.36. The molecule has 0 bridgehead atoms. The van der Waals surface area contributed by atoms with E-state index in [0.717, 1.165) is 16.7 Å². The predicted octanol–water partition coefficient (Wildman–Crippen LogP) is 3.63. The van der Waals surface area contributed by atoms with E-state index in [1.807, 2.05) is 36.4 Å². The molecule has 2 heterocycles. The molecule has 0 spiro atoms. The highest BCUT2D eigenvalue weighted by Crippen LogP contribution is 2.16. The molecular weight excluding hydrogens is 326 g/mol. The number of aromatic nitrogens is 2. The summed E-state index contributed by atoms with van der Waals surface area (Å²) in [4.78, 5) is 20.7. The second-order valence-electron chi connectivity index (χ2n) is 5.63. The Morgan fingerprint density at radius 3 is 2.62 bits per heavy atom. The van der Waals surface area contributed by atoms with Crippen molar-refractivity contribution in [1.29, 1.82) is 0 Å². The van der Waals surface area contributed by atoms with E-state index < -0.39 is 0 Å². The third kappa shape index (κ3) is 4.54. The van der Waals surface area contributed by atoms with Gasteiger partial charge in [0.2, 0.25) is 5.88 Å². The van der Waals surface area contributed by atoms with E-state index in [-0.39, 0.29) is 5.91 Å². The highest BCUT2D eigenvalue weighted by molar-refractivity contribution is 5.96. The van der Waals surface area contributed by atoms with Crippen LogP contribution in [0.2, 0.25) is 0 Å². The number of nitrogens with one attached hydrogen (secondary N) is 1. The molecule has 3 rings (SSSR count). The first-order valence-electron chi connectivity index (χ1n) is 8.22. The minimum absolute atomic E-state index is 0.237. The lowest BCUT2D eigenvalue weighted by Gasteiger charge is -2.11. The number of nitrogens with zero attached hydrogens (tertiary/aromatic N) is 2. The molecule has 3 aromatic rings. The molecule has 5 heteroatoms. The molecule has 26 heavy (non-hydrogen) atoms. The Morgan fingerprint density at radius 1 is 1.08 bits per heavy atom. The van der Waals surface area contributed by atoms with Gasteiger partial charge in [0.1, 0.15) is 12.2 Å². The van der Waals surface area contributed by atoms with Gasteiger partial charge in [-0.25, -0.2) is 4.98 Å². The van der Waals surface area contributed by atoms with E-state index in [1.54, 1.807) is 36.8 Å². The summed E-state index contributed by atoms with van der Waals surface area (Å²) < 4.78 is 5.76. The fraction of sp³-hybridized carbons (Fsp3) is 0.0952. The zero-order chi connectivity index (χ0) is 18.2. The molecule has 0 aliphatic rings. The van der Waals surface area contributed by atoms with E-state index in [0.29, 0.717) is 24.6 Å². The van der Waals surface area contributed by atoms with Crippen molar-refractivity contribution in [2.24, 2.45) is 0 Å². The second kappa shape index (κ2) is 8.58. The number of hydrogen-bond donors (Lipinski definition) is 1. The average molecular weight is 345 g/mol. The number of rotatable bonds is 7. The van der Waals surface area contributed by atoms with Crippen LogP contribution in [0.3, 0.4) is 0 Å². The molecule has 0 saturated heterocycles. The zero-order valence-corrected chi connectivity index (χ0v) is 14.3. The summed E-state index contributed by atoms with van der Waals surface area (Å²) in [5.74, 6) is 0.0722. The molecule has 1 N–H and O–H groups in total. The van der Waals surface area contributed by atoms with Crippen LogP contribution in [-0.2, 0) is 13.2 Å². The minimum atomic E-state index is -0.237. The monoisotopic (exact) mass is 345 g/mol. The van der Waals surface area contributed by atoms with Gasteiger partial charge in [0, 0.05) is 25.1 Å². The second-order valence-corrected chi connectivity index (χ2v) is 5.63. The Labute approximate surface area is 152 Å². The molecule has 1 amide bonds. The summed E-state index contributed by atoms with van der Waals surface area (Å²) in [6.07, 6.45) is 6.80. The summed E-state index contributed by atoms with van der Waals surface area (Å²) in [6.45, 7) is 4.46. The summed E-state index contributed by atoms with van der Waals surface area (Å²) in [5.41, 5.74) is 3.36. The van der Waals surface area contributed by atoms with Gasteiger partial charge in [0.15, 0.2) is 0 Å². The van der Waals surface area contributed by atoms with Gasteiger partial charge in [-0.2, -0.15) is 0 Å². The molecule has 0 unspecified atom stereocenters. The summed E-state index contributed by atoms with van der Waals surface area (Å²) >= 11 is 0. The Kier molecular flexibility index (Phi) is 5.72. The summed E-state index contributed by atoms with van der Waals surface area (Å²) in [6, 6.07) is 15.0. The van der Waals surface area contributed by atoms with Crippen molar-refractivity contribution in [3.05, 3.63) is 96.0 Å². The number of ether oxygens (including phenoxy) is 1. The van der Waals surface area contributed by atoms with Crippen molar-refractivity contribution in [3.8, 4) is 5.88 Å². The Hall–Kier alpha value is -3.47. The maximum Gasteiger partial charge on any atom is 0.257 e. The van der Waals surface area contributed by atoms with E-state index in [4.69, 9.17) is 4.74 Å². The van der Waals surface area contributed by atoms with Crippen LogP contribution in [0, 0.1) is 0 Å². The smallest absolute Gasteiger partial charge is 0.257 e. The number of amides is 1. The Morgan fingerprint density at radius 2 is 1.88 bits per heavy atom. The first-order valence-corrected chi connectivity index (χ1v) is 8.22. The van der Waals surface area contributed by atoms with Gasteiger partial charge in [-0.1, -0.05) is 43.0 Å². The quantitative estimate of drug-likeness (QED) is 0.710. The van der Waals surface area contributed by atoms with Crippen molar-refractivity contribution in [1.82, 2.24) is 15.3 Å². The van der Waals surface area contributed by atoms with E-state index >= 15 is 0 Å². The van der Waals surface area contributed by atoms with E-state index in [1.165, 1.54) is 0 Å². The van der Waals surface area contributed by atoms with Gasteiger partial charge in [-0.15, -0.1) is 0 Å². The number of carbonyl (C=O) groups is 1. The topological polar surface area (TPSA) is 64.1 Å². The predicted molar refractivity (Wildman–Crippen MR) is 101 cm³/mol. The normalized spacial score (nSPS) is 10.2. The molecule has 0 radical (unpaired) electrons. The van der Waals surface area contributed by atoms with Gasteiger partial charge in [0.25, 0.3) is 5.91 Å². The molecule has 0 aliphatic carbocycles. The van der Waals surface area contributed by atoms with Gasteiger partial charge in [-0.05, 0) is 34.9 Å². The van der Waals surface area contributed by atoms with Crippen LogP contribution >= 0.6 is 0 Å². The van der Waals surface area contributed by atoms with Crippen LogP contribution in [0.25, 0.3) is 6.08 Å². The van der Waals surface area contributed by atoms with Crippen molar-refractivity contribution in [2.75, 3.05) is 0 Å². The van der Waals surface area contributed by atoms with Gasteiger partial charge in [0.05, 0.1) is 0 Å². The molecular formula is C21H19N3O2. The van der Waals surface area contributed by atoms with Crippen LogP contribution in [0.15, 0.2) is 73.7 Å². The number of pyridine rings is 2. The lowest BCUT2D eigenvalue weighted by Crippen LogP contribution is -2.23. The highest BCUT2D eigenvalue weighted by Gasteiger charge is 2.13. The molecule has 0 aliphatic heterocycles. The first kappa shape index (κ1) is 17.4. The molecule has 2 aromatic heterocycles. The molecule has 1 aromatic carbocycles. The average Bonchev–Trinajstić information content (AvgIpc) is 2.72. The van der Waals surface area contributed by atoms with Crippen molar-refractivity contribution < 1.29 is 9.53 Å². The van der Waals surface area contributed by atoms with E-state index in [9.17, 15) is 4.79 Å². The Bertz CT molecular complexity index is 877. The van der Waals surface area contributed by atoms with Crippen LogP contribution in [0.5, 0.6) is 5.88 Å². The Balaban J connectivity index is 1.64. The summed E-state index contributed by atoms with van der Waals surface area (Å²) in [7, 11) is 0. The van der Waals surface area contributed by atoms with Crippen molar-refractivity contribution >= 4 is 12.0 Å². The molecule has 130 valence electrons. The van der Waals surface area contributed by atoms with Crippen LogP contribution in [-0.4, -0.2) is 15.9 Å². The summed E-state index contributed by atoms with van der Waals surface area (Å²) in [5, 5.41) is 2.86. The largest absolute Gasteiger partial charge is 0.472 e. The third-order valence-electron chi connectivity index (χ3n) is 3.78.